The molecule has 0 spiro atoms. The molecule has 1 aromatic heterocycles. The number of rotatable bonds is 3. The second-order valence-corrected chi connectivity index (χ2v) is 6.74. The predicted octanol–water partition coefficient (Wildman–Crippen LogP) is 6.35. The van der Waals surface area contributed by atoms with Gasteiger partial charge >= 0.3 is 0 Å². The topological polar surface area (TPSA) is 17.3 Å². The van der Waals surface area contributed by atoms with Gasteiger partial charge in [0.2, 0.25) is 0 Å². The van der Waals surface area contributed by atoms with Crippen LogP contribution in [-0.4, -0.2) is 10.3 Å². The molecule has 26 heavy (non-hydrogen) atoms. The molecule has 0 fully saturated rings. The Morgan fingerprint density at radius 1 is 0.846 bits per heavy atom. The Balaban J connectivity index is 1.98. The van der Waals surface area contributed by atoms with Crippen LogP contribution in [0.3, 0.4) is 0 Å². The molecular weight excluding hydrogens is 316 g/mol. The molecule has 0 aliphatic heterocycles. The van der Waals surface area contributed by atoms with E-state index >= 15 is 0 Å². The second-order valence-electron chi connectivity index (χ2n) is 6.74. The Labute approximate surface area is 154 Å². The lowest BCUT2D eigenvalue weighted by Crippen LogP contribution is -2.00. The third-order valence-electron chi connectivity index (χ3n) is 5.11. The summed E-state index contributed by atoms with van der Waals surface area (Å²) in [7, 11) is 0. The molecular formula is C24H22N2. The molecule has 2 nitrogen and oxygen atoms in total. The molecule has 0 atom stereocenters. The van der Waals surface area contributed by atoms with Crippen molar-refractivity contribution in [2.24, 2.45) is 4.99 Å². The summed E-state index contributed by atoms with van der Waals surface area (Å²) in [4.78, 5) is 4.85. The number of para-hydroxylation sites is 1. The smallest absolute Gasteiger partial charge is 0.130 e. The normalized spacial score (nSPS) is 12.0. The summed E-state index contributed by atoms with van der Waals surface area (Å²) in [5.41, 5.74) is 6.96. The maximum absolute atomic E-state index is 4.85. The van der Waals surface area contributed by atoms with Crippen molar-refractivity contribution >= 4 is 33.3 Å². The van der Waals surface area contributed by atoms with E-state index in [1.54, 1.807) is 0 Å². The molecule has 0 N–H and O–H groups in total. The van der Waals surface area contributed by atoms with E-state index in [4.69, 9.17) is 4.99 Å². The van der Waals surface area contributed by atoms with Crippen LogP contribution in [0, 0.1) is 13.8 Å². The van der Waals surface area contributed by atoms with Crippen molar-refractivity contribution in [1.82, 2.24) is 4.57 Å². The van der Waals surface area contributed by atoms with E-state index in [1.165, 1.54) is 27.4 Å². The zero-order valence-corrected chi connectivity index (χ0v) is 15.5. The standard InChI is InChI=1S/C24H22N2/c1-16-14-15-22-21-12-8-9-13-23(21)26(24(22)17(16)2)19(4)25-18(3)20-10-6-5-7-11-20/h5-15H,4H2,1-3H3. The van der Waals surface area contributed by atoms with Crippen LogP contribution in [0.15, 0.2) is 78.3 Å². The van der Waals surface area contributed by atoms with Crippen molar-refractivity contribution in [1.29, 1.82) is 0 Å². The summed E-state index contributed by atoms with van der Waals surface area (Å²) in [6, 6.07) is 23.1. The maximum Gasteiger partial charge on any atom is 0.130 e. The number of benzene rings is 3. The van der Waals surface area contributed by atoms with Gasteiger partial charge in [-0.1, -0.05) is 67.2 Å². The van der Waals surface area contributed by atoms with E-state index in [0.717, 1.165) is 22.6 Å². The van der Waals surface area contributed by atoms with Crippen LogP contribution >= 0.6 is 0 Å². The van der Waals surface area contributed by atoms with Crippen LogP contribution in [0.5, 0.6) is 0 Å². The molecule has 4 rings (SSSR count). The van der Waals surface area contributed by atoms with Gasteiger partial charge in [0.1, 0.15) is 5.82 Å². The third kappa shape index (κ3) is 2.55. The second kappa shape index (κ2) is 6.30. The Hall–Kier alpha value is -3.13. The van der Waals surface area contributed by atoms with E-state index in [1.807, 2.05) is 25.1 Å². The highest BCUT2D eigenvalue weighted by Gasteiger charge is 2.15. The van der Waals surface area contributed by atoms with E-state index < -0.39 is 0 Å². The lowest BCUT2D eigenvalue weighted by molar-refractivity contribution is 1.16. The molecule has 4 aromatic rings. The molecule has 0 amide bonds. The zero-order valence-electron chi connectivity index (χ0n) is 15.5. The predicted molar refractivity (Wildman–Crippen MR) is 113 cm³/mol. The highest BCUT2D eigenvalue weighted by molar-refractivity contribution is 6.11. The fourth-order valence-corrected chi connectivity index (χ4v) is 3.58. The first-order chi connectivity index (χ1) is 12.6. The van der Waals surface area contributed by atoms with Gasteiger partial charge in [-0.2, -0.15) is 0 Å². The quantitative estimate of drug-likeness (QED) is 0.387. The first-order valence-corrected chi connectivity index (χ1v) is 8.87. The highest BCUT2D eigenvalue weighted by Crippen LogP contribution is 2.34. The lowest BCUT2D eigenvalue weighted by Gasteiger charge is -2.11. The number of hydrogen-bond donors (Lipinski definition) is 0. The van der Waals surface area contributed by atoms with Gasteiger partial charge in [0.25, 0.3) is 0 Å². The molecule has 0 aliphatic carbocycles. The van der Waals surface area contributed by atoms with Gasteiger partial charge in [0, 0.05) is 16.5 Å². The SMILES string of the molecule is C=C(N=C(C)c1ccccc1)n1c2ccccc2c2ccc(C)c(C)c21. The minimum Gasteiger partial charge on any atom is -0.294 e. The first kappa shape index (κ1) is 16.3. The number of hydrogen-bond acceptors (Lipinski definition) is 1. The van der Waals surface area contributed by atoms with Crippen molar-refractivity contribution in [2.45, 2.75) is 20.8 Å². The Kier molecular flexibility index (Phi) is 3.96. The van der Waals surface area contributed by atoms with Gasteiger partial charge in [-0.25, -0.2) is 4.99 Å². The fourth-order valence-electron chi connectivity index (χ4n) is 3.58. The molecule has 0 saturated heterocycles. The Morgan fingerprint density at radius 2 is 1.54 bits per heavy atom. The summed E-state index contributed by atoms with van der Waals surface area (Å²) in [6.45, 7) is 10.7. The third-order valence-corrected chi connectivity index (χ3v) is 5.11. The summed E-state index contributed by atoms with van der Waals surface area (Å²) >= 11 is 0. The van der Waals surface area contributed by atoms with Gasteiger partial charge in [-0.15, -0.1) is 0 Å². The molecule has 0 radical (unpaired) electrons. The van der Waals surface area contributed by atoms with Gasteiger partial charge in [-0.05, 0) is 43.5 Å². The number of aliphatic imine (C=N–C) groups is 1. The van der Waals surface area contributed by atoms with Gasteiger partial charge in [0.05, 0.1) is 11.0 Å². The molecule has 2 heteroatoms. The summed E-state index contributed by atoms with van der Waals surface area (Å²) in [5, 5.41) is 2.48. The van der Waals surface area contributed by atoms with E-state index in [-0.39, 0.29) is 0 Å². The highest BCUT2D eigenvalue weighted by atomic mass is 15.1. The van der Waals surface area contributed by atoms with Gasteiger partial charge in [0.15, 0.2) is 0 Å². The van der Waals surface area contributed by atoms with Crippen molar-refractivity contribution in [3.8, 4) is 0 Å². The van der Waals surface area contributed by atoms with Crippen LogP contribution in [0.1, 0.15) is 23.6 Å². The van der Waals surface area contributed by atoms with Gasteiger partial charge in [-0.3, -0.25) is 4.57 Å². The molecule has 3 aromatic carbocycles. The first-order valence-electron chi connectivity index (χ1n) is 8.87. The molecule has 0 unspecified atom stereocenters. The molecule has 0 bridgehead atoms. The van der Waals surface area contributed by atoms with Crippen LogP contribution < -0.4 is 0 Å². The Morgan fingerprint density at radius 3 is 2.31 bits per heavy atom. The maximum atomic E-state index is 4.85. The van der Waals surface area contributed by atoms with Crippen LogP contribution in [0.25, 0.3) is 27.6 Å². The van der Waals surface area contributed by atoms with Crippen LogP contribution in [-0.2, 0) is 0 Å². The molecule has 128 valence electrons. The van der Waals surface area contributed by atoms with Crippen LogP contribution in [0.4, 0.5) is 0 Å². The summed E-state index contributed by atoms with van der Waals surface area (Å²) < 4.78 is 2.19. The van der Waals surface area contributed by atoms with Crippen LogP contribution in [0.2, 0.25) is 0 Å². The largest absolute Gasteiger partial charge is 0.294 e. The minimum atomic E-state index is 0.742. The van der Waals surface area contributed by atoms with E-state index in [9.17, 15) is 0 Å². The average Bonchev–Trinajstić information content (AvgIpc) is 3.00. The number of fused-ring (bicyclic) bond motifs is 3. The van der Waals surface area contributed by atoms with Crippen molar-refractivity contribution < 1.29 is 0 Å². The minimum absolute atomic E-state index is 0.742. The van der Waals surface area contributed by atoms with E-state index in [0.29, 0.717) is 0 Å². The van der Waals surface area contributed by atoms with Crippen molar-refractivity contribution in [2.75, 3.05) is 0 Å². The number of aryl methyl sites for hydroxylation is 2. The van der Waals surface area contributed by atoms with E-state index in [2.05, 4.69) is 73.5 Å². The summed E-state index contributed by atoms with van der Waals surface area (Å²) in [6.07, 6.45) is 0. The average molecular weight is 338 g/mol. The molecule has 0 aliphatic rings. The number of nitrogens with zero attached hydrogens (tertiary/aromatic N) is 2. The fraction of sp³-hybridized carbons (Fsp3) is 0.125. The molecule has 1 heterocycles. The van der Waals surface area contributed by atoms with Crippen molar-refractivity contribution in [3.05, 3.63) is 90.0 Å². The zero-order chi connectivity index (χ0) is 18.3. The lowest BCUT2D eigenvalue weighted by atomic mass is 10.1. The number of aromatic nitrogens is 1. The summed E-state index contributed by atoms with van der Waals surface area (Å²) in [5.74, 6) is 0.742. The van der Waals surface area contributed by atoms with Gasteiger partial charge < -0.3 is 0 Å². The molecule has 0 saturated carbocycles. The monoisotopic (exact) mass is 338 g/mol. The van der Waals surface area contributed by atoms with Crippen molar-refractivity contribution in [3.63, 3.8) is 0 Å². The Bertz CT molecular complexity index is 1160.